The van der Waals surface area contributed by atoms with Crippen LogP contribution in [0.25, 0.3) is 0 Å². The molecule has 1 N–H and O–H groups in total. The van der Waals surface area contributed by atoms with Crippen molar-refractivity contribution in [3.63, 3.8) is 0 Å². The number of para-hydroxylation sites is 1. The van der Waals surface area contributed by atoms with Crippen LogP contribution < -0.4 is 10.1 Å². The predicted molar refractivity (Wildman–Crippen MR) is 125 cm³/mol. The lowest BCUT2D eigenvalue weighted by Crippen LogP contribution is -2.50. The highest BCUT2D eigenvalue weighted by Gasteiger charge is 2.29. The summed E-state index contributed by atoms with van der Waals surface area (Å²) < 4.78 is 5.98. The van der Waals surface area contributed by atoms with Gasteiger partial charge in [0.05, 0.1) is 0 Å². The number of ether oxygens (including phenoxy) is 1. The molecule has 0 fully saturated rings. The van der Waals surface area contributed by atoms with E-state index in [1.54, 1.807) is 4.90 Å². The van der Waals surface area contributed by atoms with Crippen LogP contribution in [0.3, 0.4) is 0 Å². The molecule has 5 heteroatoms. The molecule has 1 unspecified atom stereocenters. The number of rotatable bonds is 10. The van der Waals surface area contributed by atoms with Crippen molar-refractivity contribution in [1.82, 2.24) is 10.2 Å². The van der Waals surface area contributed by atoms with Crippen LogP contribution in [0.5, 0.6) is 5.75 Å². The van der Waals surface area contributed by atoms with Crippen molar-refractivity contribution in [3.8, 4) is 5.75 Å². The first-order valence-corrected chi connectivity index (χ1v) is 11.1. The quantitative estimate of drug-likeness (QED) is 0.602. The molecule has 0 saturated carbocycles. The third kappa shape index (κ3) is 7.12. The van der Waals surface area contributed by atoms with Crippen molar-refractivity contribution in [2.75, 3.05) is 13.2 Å². The van der Waals surface area contributed by atoms with Crippen LogP contribution in [0, 0.1) is 0 Å². The molecule has 0 bridgehead atoms. The molecule has 168 valence electrons. The van der Waals surface area contributed by atoms with Crippen molar-refractivity contribution < 1.29 is 14.3 Å². The number of carbonyl (C=O) groups excluding carboxylic acids is 2. The monoisotopic (exact) mass is 424 g/mol. The van der Waals surface area contributed by atoms with Crippen molar-refractivity contribution in [3.05, 3.63) is 65.7 Å². The van der Waals surface area contributed by atoms with Crippen LogP contribution in [0.1, 0.15) is 58.6 Å². The highest BCUT2D eigenvalue weighted by atomic mass is 16.5. The van der Waals surface area contributed by atoms with Crippen molar-refractivity contribution in [1.29, 1.82) is 0 Å². The van der Waals surface area contributed by atoms with E-state index >= 15 is 0 Å². The second-order valence-electron chi connectivity index (χ2n) is 8.76. The molecule has 2 amide bonds. The first-order valence-electron chi connectivity index (χ1n) is 11.1. The van der Waals surface area contributed by atoms with E-state index < -0.39 is 6.04 Å². The minimum absolute atomic E-state index is 0.102. The van der Waals surface area contributed by atoms with Crippen molar-refractivity contribution in [2.24, 2.45) is 0 Å². The van der Waals surface area contributed by atoms with Gasteiger partial charge in [-0.05, 0) is 35.4 Å². The Balaban J connectivity index is 2.23. The number of nitrogens with zero attached hydrogens (tertiary/aromatic N) is 1. The summed E-state index contributed by atoms with van der Waals surface area (Å²) >= 11 is 0. The van der Waals surface area contributed by atoms with Gasteiger partial charge in [-0.25, -0.2) is 0 Å². The second-order valence-corrected chi connectivity index (χ2v) is 8.76. The molecule has 2 aromatic carbocycles. The summed E-state index contributed by atoms with van der Waals surface area (Å²) in [7, 11) is 0. The second kappa shape index (κ2) is 11.5. The molecule has 0 aliphatic heterocycles. The van der Waals surface area contributed by atoms with Gasteiger partial charge < -0.3 is 15.0 Å². The van der Waals surface area contributed by atoms with Gasteiger partial charge >= 0.3 is 0 Å². The molecular formula is C26H36N2O3. The summed E-state index contributed by atoms with van der Waals surface area (Å²) in [5.41, 5.74) is 1.92. The molecule has 2 rings (SSSR count). The van der Waals surface area contributed by atoms with Crippen LogP contribution in [-0.2, 0) is 21.5 Å². The number of carbonyl (C=O) groups is 2. The number of amides is 2. The van der Waals surface area contributed by atoms with Gasteiger partial charge in [0.15, 0.2) is 6.61 Å². The third-order valence-corrected chi connectivity index (χ3v) is 5.18. The fraction of sp³-hybridized carbons (Fsp3) is 0.462. The molecular weight excluding hydrogens is 388 g/mol. The lowest BCUT2D eigenvalue weighted by atomic mass is 9.86. The average Bonchev–Trinajstić information content (AvgIpc) is 2.76. The van der Waals surface area contributed by atoms with Gasteiger partial charge in [0.1, 0.15) is 11.8 Å². The van der Waals surface area contributed by atoms with E-state index in [0.29, 0.717) is 25.3 Å². The van der Waals surface area contributed by atoms with Gasteiger partial charge in [0, 0.05) is 13.1 Å². The maximum atomic E-state index is 13.3. The highest BCUT2D eigenvalue weighted by molar-refractivity contribution is 5.88. The zero-order chi connectivity index (χ0) is 22.9. The van der Waals surface area contributed by atoms with E-state index in [1.165, 1.54) is 0 Å². The normalized spacial score (nSPS) is 12.2. The highest BCUT2D eigenvalue weighted by Crippen LogP contribution is 2.31. The van der Waals surface area contributed by atoms with Crippen LogP contribution >= 0.6 is 0 Å². The Morgan fingerprint density at radius 2 is 1.65 bits per heavy atom. The van der Waals surface area contributed by atoms with E-state index in [-0.39, 0.29) is 23.8 Å². The minimum Gasteiger partial charge on any atom is -0.483 e. The summed E-state index contributed by atoms with van der Waals surface area (Å²) in [5, 5.41) is 2.93. The number of hydrogen-bond donors (Lipinski definition) is 1. The van der Waals surface area contributed by atoms with E-state index in [2.05, 4.69) is 26.1 Å². The van der Waals surface area contributed by atoms with Crippen LogP contribution in [0.15, 0.2) is 54.6 Å². The lowest BCUT2D eigenvalue weighted by Gasteiger charge is -2.31. The van der Waals surface area contributed by atoms with Gasteiger partial charge in [-0.15, -0.1) is 0 Å². The zero-order valence-electron chi connectivity index (χ0n) is 19.5. The summed E-state index contributed by atoms with van der Waals surface area (Å²) in [6, 6.07) is 17.0. The Morgan fingerprint density at radius 3 is 2.26 bits per heavy atom. The SMILES string of the molecule is CCCNC(=O)C(CC)N(Cc1ccccc1)C(=O)COc1ccccc1C(C)(C)C. The third-order valence-electron chi connectivity index (χ3n) is 5.18. The Morgan fingerprint density at radius 1 is 1.00 bits per heavy atom. The lowest BCUT2D eigenvalue weighted by molar-refractivity contribution is -0.143. The Labute approximate surface area is 186 Å². The van der Waals surface area contributed by atoms with Gasteiger partial charge in [0.25, 0.3) is 5.91 Å². The topological polar surface area (TPSA) is 58.6 Å². The first kappa shape index (κ1) is 24.4. The van der Waals surface area contributed by atoms with Crippen LogP contribution in [0.2, 0.25) is 0 Å². The molecule has 0 aliphatic carbocycles. The molecule has 31 heavy (non-hydrogen) atoms. The van der Waals surface area contributed by atoms with Crippen molar-refractivity contribution in [2.45, 2.75) is 65.5 Å². The molecule has 0 saturated heterocycles. The summed E-state index contributed by atoms with van der Waals surface area (Å²) in [6.07, 6.45) is 1.38. The van der Waals surface area contributed by atoms with Crippen molar-refractivity contribution >= 4 is 11.8 Å². The fourth-order valence-corrected chi connectivity index (χ4v) is 3.50. The molecule has 2 aromatic rings. The van der Waals surface area contributed by atoms with Gasteiger partial charge in [-0.2, -0.15) is 0 Å². The van der Waals surface area contributed by atoms with Crippen LogP contribution in [0.4, 0.5) is 0 Å². The van der Waals surface area contributed by atoms with E-state index in [0.717, 1.165) is 17.5 Å². The summed E-state index contributed by atoms with van der Waals surface area (Å²) in [6.45, 7) is 11.1. The molecule has 0 aromatic heterocycles. The predicted octanol–water partition coefficient (Wildman–Crippen LogP) is 4.70. The minimum atomic E-state index is -0.541. The molecule has 0 spiro atoms. The Hall–Kier alpha value is -2.82. The average molecular weight is 425 g/mol. The van der Waals surface area contributed by atoms with Gasteiger partial charge in [-0.3, -0.25) is 9.59 Å². The fourth-order valence-electron chi connectivity index (χ4n) is 3.50. The molecule has 0 aliphatic rings. The molecule has 5 nitrogen and oxygen atoms in total. The van der Waals surface area contributed by atoms with Crippen LogP contribution in [-0.4, -0.2) is 35.9 Å². The molecule has 0 radical (unpaired) electrons. The van der Waals surface area contributed by atoms with Gasteiger partial charge in [-0.1, -0.05) is 83.1 Å². The standard InChI is InChI=1S/C26H36N2O3/c1-6-17-27-25(30)22(7-2)28(18-20-13-9-8-10-14-20)24(29)19-31-23-16-12-11-15-21(23)26(3,4)5/h8-16,22H,6-7,17-19H2,1-5H3,(H,27,30). The summed E-state index contributed by atoms with van der Waals surface area (Å²) in [4.78, 5) is 27.7. The largest absolute Gasteiger partial charge is 0.483 e. The number of nitrogens with one attached hydrogen (secondary N) is 1. The number of benzene rings is 2. The van der Waals surface area contributed by atoms with E-state index in [4.69, 9.17) is 4.74 Å². The maximum absolute atomic E-state index is 13.3. The smallest absolute Gasteiger partial charge is 0.261 e. The van der Waals surface area contributed by atoms with E-state index in [1.807, 2.05) is 68.4 Å². The first-order chi connectivity index (χ1) is 14.8. The Kier molecular flexibility index (Phi) is 9.10. The van der Waals surface area contributed by atoms with Gasteiger partial charge in [0.2, 0.25) is 5.91 Å². The Bertz CT molecular complexity index is 843. The van der Waals surface area contributed by atoms with E-state index in [9.17, 15) is 9.59 Å². The zero-order valence-corrected chi connectivity index (χ0v) is 19.5. The molecule has 1 atom stereocenters. The number of hydrogen-bond acceptors (Lipinski definition) is 3. The molecule has 0 heterocycles. The summed E-state index contributed by atoms with van der Waals surface area (Å²) in [5.74, 6) is 0.376. The maximum Gasteiger partial charge on any atom is 0.261 e.